The van der Waals surface area contributed by atoms with Gasteiger partial charge >= 0.3 is 0 Å². The van der Waals surface area contributed by atoms with Crippen LogP contribution in [0.15, 0.2) is 53.3 Å². The molecule has 6 heteroatoms. The standard InChI is InChI=1S/C21H20FN3O2/c22-15-7-5-14(6-8-15)13-25(16-9-10-16)20(26)12-11-19-23-18-4-2-1-3-17(18)21(27)24-19/h1-8,16H,9-13H2,(H,23,24,27). The summed E-state index contributed by atoms with van der Waals surface area (Å²) in [6.07, 6.45) is 2.65. The highest BCUT2D eigenvalue weighted by atomic mass is 19.1. The number of amides is 1. The van der Waals surface area contributed by atoms with Crippen LogP contribution in [0.25, 0.3) is 10.9 Å². The lowest BCUT2D eigenvalue weighted by Crippen LogP contribution is -2.33. The molecule has 0 unspecified atom stereocenters. The van der Waals surface area contributed by atoms with E-state index in [-0.39, 0.29) is 29.7 Å². The number of aromatic nitrogens is 2. The second kappa shape index (κ2) is 7.31. The van der Waals surface area contributed by atoms with Crippen molar-refractivity contribution in [3.8, 4) is 0 Å². The Morgan fingerprint density at radius 2 is 1.89 bits per heavy atom. The first-order chi connectivity index (χ1) is 13.1. The molecule has 1 aliphatic rings. The molecule has 1 amide bonds. The van der Waals surface area contributed by atoms with Crippen LogP contribution in [0.2, 0.25) is 0 Å². The number of hydrogen-bond donors (Lipinski definition) is 1. The number of nitrogens with zero attached hydrogens (tertiary/aromatic N) is 2. The number of aryl methyl sites for hydroxylation is 1. The first-order valence-corrected chi connectivity index (χ1v) is 9.12. The molecule has 3 aromatic rings. The monoisotopic (exact) mass is 365 g/mol. The number of halogens is 1. The quantitative estimate of drug-likeness (QED) is 0.730. The lowest BCUT2D eigenvalue weighted by atomic mass is 10.2. The molecule has 0 spiro atoms. The van der Waals surface area contributed by atoms with E-state index in [1.807, 2.05) is 11.0 Å². The van der Waals surface area contributed by atoms with Gasteiger partial charge in [0.05, 0.1) is 10.9 Å². The SMILES string of the molecule is O=C(CCc1nc2ccccc2c(=O)[nH]1)N(Cc1ccc(F)cc1)C1CC1. The van der Waals surface area contributed by atoms with Crippen LogP contribution in [0.4, 0.5) is 4.39 Å². The Kier molecular flexibility index (Phi) is 4.71. The van der Waals surface area contributed by atoms with Gasteiger partial charge in [0.2, 0.25) is 5.91 Å². The molecular weight excluding hydrogens is 345 g/mol. The van der Waals surface area contributed by atoms with Crippen molar-refractivity contribution in [1.82, 2.24) is 14.9 Å². The maximum Gasteiger partial charge on any atom is 0.258 e. The Labute approximate surface area is 155 Å². The fraction of sp³-hybridized carbons (Fsp3) is 0.286. The van der Waals surface area contributed by atoms with Gasteiger partial charge in [0.1, 0.15) is 11.6 Å². The zero-order valence-electron chi connectivity index (χ0n) is 14.8. The number of carbonyl (C=O) groups is 1. The van der Waals surface area contributed by atoms with Crippen molar-refractivity contribution < 1.29 is 9.18 Å². The van der Waals surface area contributed by atoms with E-state index < -0.39 is 0 Å². The number of benzene rings is 2. The average Bonchev–Trinajstić information content (AvgIpc) is 3.51. The van der Waals surface area contributed by atoms with E-state index in [9.17, 15) is 14.0 Å². The van der Waals surface area contributed by atoms with E-state index in [4.69, 9.17) is 0 Å². The molecule has 0 saturated heterocycles. The van der Waals surface area contributed by atoms with Crippen molar-refractivity contribution in [2.75, 3.05) is 0 Å². The van der Waals surface area contributed by atoms with Crippen LogP contribution >= 0.6 is 0 Å². The van der Waals surface area contributed by atoms with Gasteiger partial charge in [-0.1, -0.05) is 24.3 Å². The molecule has 0 aliphatic heterocycles. The molecule has 1 fully saturated rings. The largest absolute Gasteiger partial charge is 0.335 e. The van der Waals surface area contributed by atoms with Gasteiger partial charge in [0, 0.05) is 25.4 Å². The second-order valence-electron chi connectivity index (χ2n) is 6.91. The normalized spacial score (nSPS) is 13.7. The number of rotatable bonds is 6. The molecule has 5 nitrogen and oxygen atoms in total. The van der Waals surface area contributed by atoms with Crippen molar-refractivity contribution in [1.29, 1.82) is 0 Å². The summed E-state index contributed by atoms with van der Waals surface area (Å²) >= 11 is 0. The van der Waals surface area contributed by atoms with Crippen LogP contribution < -0.4 is 5.56 Å². The summed E-state index contributed by atoms with van der Waals surface area (Å²) in [5, 5.41) is 0.545. The summed E-state index contributed by atoms with van der Waals surface area (Å²) in [6, 6.07) is 13.6. The van der Waals surface area contributed by atoms with Gasteiger partial charge in [0.25, 0.3) is 5.56 Å². The van der Waals surface area contributed by atoms with Crippen LogP contribution in [0, 0.1) is 5.82 Å². The van der Waals surface area contributed by atoms with Crippen LogP contribution in [0.3, 0.4) is 0 Å². The van der Waals surface area contributed by atoms with Gasteiger partial charge in [-0.2, -0.15) is 0 Å². The number of fused-ring (bicyclic) bond motifs is 1. The predicted octanol–water partition coefficient (Wildman–Crippen LogP) is 3.19. The number of H-pyrrole nitrogens is 1. The van der Waals surface area contributed by atoms with E-state index in [0.29, 0.717) is 29.7 Å². The third-order valence-electron chi connectivity index (χ3n) is 4.81. The van der Waals surface area contributed by atoms with Gasteiger partial charge in [-0.25, -0.2) is 9.37 Å². The molecule has 0 radical (unpaired) electrons. The van der Waals surface area contributed by atoms with E-state index in [0.717, 1.165) is 18.4 Å². The Hall–Kier alpha value is -3.02. The molecule has 1 aliphatic carbocycles. The van der Waals surface area contributed by atoms with E-state index in [1.54, 1.807) is 30.3 Å². The summed E-state index contributed by atoms with van der Waals surface area (Å²) in [4.78, 5) is 34.0. The van der Waals surface area contributed by atoms with Crippen molar-refractivity contribution in [2.24, 2.45) is 0 Å². The van der Waals surface area contributed by atoms with Crippen molar-refractivity contribution in [3.63, 3.8) is 0 Å². The minimum absolute atomic E-state index is 0.0256. The highest BCUT2D eigenvalue weighted by Crippen LogP contribution is 2.29. The zero-order chi connectivity index (χ0) is 18.8. The predicted molar refractivity (Wildman–Crippen MR) is 101 cm³/mol. The summed E-state index contributed by atoms with van der Waals surface area (Å²) in [5.41, 5.74) is 1.36. The number of para-hydroxylation sites is 1. The minimum atomic E-state index is -0.283. The summed E-state index contributed by atoms with van der Waals surface area (Å²) in [6.45, 7) is 0.478. The Balaban J connectivity index is 1.45. The van der Waals surface area contributed by atoms with Crippen molar-refractivity contribution >= 4 is 16.8 Å². The van der Waals surface area contributed by atoms with Gasteiger partial charge in [-0.15, -0.1) is 0 Å². The fourth-order valence-corrected chi connectivity index (χ4v) is 3.22. The summed E-state index contributed by atoms with van der Waals surface area (Å²) in [7, 11) is 0. The van der Waals surface area contributed by atoms with Crippen molar-refractivity contribution in [3.05, 3.63) is 76.1 Å². The molecule has 0 bridgehead atoms. The number of nitrogens with one attached hydrogen (secondary N) is 1. The Bertz CT molecular complexity index is 1030. The van der Waals surface area contributed by atoms with Gasteiger partial charge in [-0.3, -0.25) is 9.59 Å². The Morgan fingerprint density at radius 3 is 2.63 bits per heavy atom. The molecule has 1 N–H and O–H groups in total. The lowest BCUT2D eigenvalue weighted by Gasteiger charge is -2.22. The van der Waals surface area contributed by atoms with Gasteiger partial charge in [-0.05, 0) is 42.7 Å². The average molecular weight is 365 g/mol. The van der Waals surface area contributed by atoms with E-state index in [1.165, 1.54) is 12.1 Å². The highest BCUT2D eigenvalue weighted by Gasteiger charge is 2.32. The first kappa shape index (κ1) is 17.4. The van der Waals surface area contributed by atoms with E-state index >= 15 is 0 Å². The lowest BCUT2D eigenvalue weighted by molar-refractivity contribution is -0.132. The second-order valence-corrected chi connectivity index (χ2v) is 6.91. The minimum Gasteiger partial charge on any atom is -0.335 e. The summed E-state index contributed by atoms with van der Waals surface area (Å²) in [5.74, 6) is 0.261. The number of aromatic amines is 1. The molecule has 4 rings (SSSR count). The van der Waals surface area contributed by atoms with Crippen LogP contribution in [0.1, 0.15) is 30.7 Å². The molecule has 1 saturated carbocycles. The third-order valence-corrected chi connectivity index (χ3v) is 4.81. The van der Waals surface area contributed by atoms with Gasteiger partial charge in [0.15, 0.2) is 0 Å². The highest BCUT2D eigenvalue weighted by molar-refractivity contribution is 5.78. The molecule has 2 aromatic carbocycles. The van der Waals surface area contributed by atoms with Crippen LogP contribution in [0.5, 0.6) is 0 Å². The topological polar surface area (TPSA) is 66.1 Å². The molecule has 0 atom stereocenters. The van der Waals surface area contributed by atoms with E-state index in [2.05, 4.69) is 9.97 Å². The van der Waals surface area contributed by atoms with Crippen molar-refractivity contribution in [2.45, 2.75) is 38.3 Å². The number of hydrogen-bond acceptors (Lipinski definition) is 3. The zero-order valence-corrected chi connectivity index (χ0v) is 14.8. The Morgan fingerprint density at radius 1 is 1.15 bits per heavy atom. The van der Waals surface area contributed by atoms with Crippen LogP contribution in [-0.4, -0.2) is 26.8 Å². The first-order valence-electron chi connectivity index (χ1n) is 9.12. The smallest absolute Gasteiger partial charge is 0.258 e. The van der Waals surface area contributed by atoms with Gasteiger partial charge < -0.3 is 9.88 Å². The number of carbonyl (C=O) groups excluding carboxylic acids is 1. The third kappa shape index (κ3) is 4.05. The molecular formula is C21H20FN3O2. The fourth-order valence-electron chi connectivity index (χ4n) is 3.22. The maximum atomic E-state index is 13.1. The molecule has 1 heterocycles. The van der Waals surface area contributed by atoms with Crippen LogP contribution in [-0.2, 0) is 17.8 Å². The molecule has 138 valence electrons. The molecule has 1 aromatic heterocycles. The maximum absolute atomic E-state index is 13.1. The summed E-state index contributed by atoms with van der Waals surface area (Å²) < 4.78 is 13.1. The molecule has 27 heavy (non-hydrogen) atoms.